The molecule has 0 saturated carbocycles. The third-order valence-corrected chi connectivity index (χ3v) is 7.33. The van der Waals surface area contributed by atoms with E-state index in [0.29, 0.717) is 24.7 Å². The summed E-state index contributed by atoms with van der Waals surface area (Å²) in [4.78, 5) is 0. The summed E-state index contributed by atoms with van der Waals surface area (Å²) >= 11 is 6.48. The van der Waals surface area contributed by atoms with Crippen LogP contribution in [0.1, 0.15) is 48.6 Å². The smallest absolute Gasteiger partial charge is 0.115 e. The van der Waals surface area contributed by atoms with Gasteiger partial charge in [-0.05, 0) is 34.7 Å². The molecular weight excluding hydrogens is 486 g/mol. The molecule has 1 saturated heterocycles. The Morgan fingerprint density at radius 2 is 1.54 bits per heavy atom. The van der Waals surface area contributed by atoms with Crippen LogP contribution in [0.15, 0.2) is 78.9 Å². The lowest BCUT2D eigenvalue weighted by Gasteiger charge is -2.46. The fraction of sp³-hybridized carbons (Fsp3) is 0.367. The SMILES string of the molecule is CC[C@H]1O[C@@H](c2ccc(Cl)c(CC(=N)NN)c2)[C@H](OCc2ccccc2)[C@@H](OCc2ccccc2)[C@@H]1C. The van der Waals surface area contributed by atoms with Crippen LogP contribution in [0.3, 0.4) is 0 Å². The fourth-order valence-electron chi connectivity index (χ4n) is 4.92. The standard InChI is InChI=1S/C30H36ClN3O3/c1-3-26-20(2)28(35-18-21-10-6-4-7-11-21)30(36-19-22-12-8-5-9-13-22)29(37-26)23-14-15-25(31)24(16-23)17-27(32)34-33/h4-16,20,26,28-30H,3,17-19,33H2,1-2H3,(H2,32,34)/t20-,26-,28+,29+,30-/m1/s1. The highest BCUT2D eigenvalue weighted by Crippen LogP contribution is 2.41. The van der Waals surface area contributed by atoms with Crippen LogP contribution in [-0.2, 0) is 33.8 Å². The van der Waals surface area contributed by atoms with Gasteiger partial charge in [0.1, 0.15) is 18.0 Å². The van der Waals surface area contributed by atoms with Crippen LogP contribution in [0.25, 0.3) is 0 Å². The number of benzene rings is 3. The van der Waals surface area contributed by atoms with Crippen molar-refractivity contribution in [1.82, 2.24) is 5.43 Å². The predicted octanol–water partition coefficient (Wildman–Crippen LogP) is 5.98. The van der Waals surface area contributed by atoms with Crippen LogP contribution < -0.4 is 11.3 Å². The monoisotopic (exact) mass is 521 g/mol. The Hall–Kier alpha value is -2.74. The second-order valence-corrected chi connectivity index (χ2v) is 9.94. The van der Waals surface area contributed by atoms with E-state index in [1.807, 2.05) is 54.6 Å². The number of hydrazine groups is 1. The van der Waals surface area contributed by atoms with Crippen molar-refractivity contribution >= 4 is 17.4 Å². The lowest BCUT2D eigenvalue weighted by molar-refractivity contribution is -0.234. The number of hydrogen-bond donors (Lipinski definition) is 3. The highest BCUT2D eigenvalue weighted by molar-refractivity contribution is 6.31. The summed E-state index contributed by atoms with van der Waals surface area (Å²) in [5, 5.41) is 8.56. The number of nitrogens with one attached hydrogen (secondary N) is 2. The zero-order valence-corrected chi connectivity index (χ0v) is 22.2. The van der Waals surface area contributed by atoms with Crippen LogP contribution in [0, 0.1) is 11.3 Å². The molecule has 196 valence electrons. The Bertz CT molecular complexity index is 1150. The zero-order chi connectivity index (χ0) is 26.2. The molecule has 1 fully saturated rings. The van der Waals surface area contributed by atoms with E-state index in [-0.39, 0.29) is 36.2 Å². The van der Waals surface area contributed by atoms with Gasteiger partial charge in [-0.2, -0.15) is 0 Å². The molecule has 6 nitrogen and oxygen atoms in total. The molecule has 4 N–H and O–H groups in total. The molecular formula is C30H36ClN3O3. The Morgan fingerprint density at radius 1 is 0.946 bits per heavy atom. The van der Waals surface area contributed by atoms with Gasteiger partial charge in [0.15, 0.2) is 0 Å². The molecule has 4 rings (SSSR count). The number of rotatable bonds is 10. The van der Waals surface area contributed by atoms with Gasteiger partial charge in [0, 0.05) is 17.4 Å². The summed E-state index contributed by atoms with van der Waals surface area (Å²) in [5.74, 6) is 5.76. The minimum absolute atomic E-state index is 0.00508. The molecule has 5 atom stereocenters. The molecule has 7 heteroatoms. The third kappa shape index (κ3) is 6.98. The number of nitrogens with two attached hydrogens (primary N) is 1. The molecule has 0 aromatic heterocycles. The first-order valence-electron chi connectivity index (χ1n) is 12.8. The Morgan fingerprint density at radius 3 is 2.11 bits per heavy atom. The summed E-state index contributed by atoms with van der Waals surface area (Å²) in [5.41, 5.74) is 6.36. The molecule has 0 radical (unpaired) electrons. The second kappa shape index (κ2) is 13.2. The molecule has 1 aliphatic rings. The average molecular weight is 522 g/mol. The van der Waals surface area contributed by atoms with Crippen molar-refractivity contribution in [2.45, 2.75) is 64.3 Å². The summed E-state index contributed by atoms with van der Waals surface area (Å²) in [6.45, 7) is 5.26. The van der Waals surface area contributed by atoms with Gasteiger partial charge in [-0.15, -0.1) is 0 Å². The first-order chi connectivity index (χ1) is 18.0. The van der Waals surface area contributed by atoms with Gasteiger partial charge in [0.2, 0.25) is 0 Å². The van der Waals surface area contributed by atoms with Crippen molar-refractivity contribution in [3.05, 3.63) is 106 Å². The third-order valence-electron chi connectivity index (χ3n) is 6.96. The van der Waals surface area contributed by atoms with Crippen molar-refractivity contribution < 1.29 is 14.2 Å². The van der Waals surface area contributed by atoms with E-state index in [1.165, 1.54) is 0 Å². The van der Waals surface area contributed by atoms with Crippen LogP contribution >= 0.6 is 11.6 Å². The Labute approximate surface area is 224 Å². The van der Waals surface area contributed by atoms with E-state index in [1.54, 1.807) is 0 Å². The van der Waals surface area contributed by atoms with Crippen LogP contribution in [0.5, 0.6) is 0 Å². The van der Waals surface area contributed by atoms with Crippen molar-refractivity contribution in [3.8, 4) is 0 Å². The van der Waals surface area contributed by atoms with Gasteiger partial charge in [-0.3, -0.25) is 5.41 Å². The summed E-state index contributed by atoms with van der Waals surface area (Å²) in [6, 6.07) is 26.2. The average Bonchev–Trinajstić information content (AvgIpc) is 2.93. The van der Waals surface area contributed by atoms with E-state index in [9.17, 15) is 0 Å². The van der Waals surface area contributed by atoms with Crippen molar-refractivity contribution in [2.24, 2.45) is 11.8 Å². The van der Waals surface area contributed by atoms with Crippen molar-refractivity contribution in [3.63, 3.8) is 0 Å². The molecule has 1 aliphatic heterocycles. The summed E-state index contributed by atoms with van der Waals surface area (Å²) < 4.78 is 19.9. The maximum Gasteiger partial charge on any atom is 0.115 e. The highest BCUT2D eigenvalue weighted by Gasteiger charge is 2.45. The van der Waals surface area contributed by atoms with E-state index >= 15 is 0 Å². The van der Waals surface area contributed by atoms with Gasteiger partial charge >= 0.3 is 0 Å². The molecule has 0 amide bonds. The summed E-state index contributed by atoms with van der Waals surface area (Å²) in [7, 11) is 0. The lowest BCUT2D eigenvalue weighted by Crippen LogP contribution is -2.51. The first kappa shape index (κ1) is 27.3. The van der Waals surface area contributed by atoms with Gasteiger partial charge < -0.3 is 19.6 Å². The van der Waals surface area contributed by atoms with Crippen molar-refractivity contribution in [1.29, 1.82) is 5.41 Å². The van der Waals surface area contributed by atoms with Gasteiger partial charge in [0.05, 0.1) is 25.4 Å². The number of ether oxygens (including phenoxy) is 3. The largest absolute Gasteiger partial charge is 0.370 e. The molecule has 0 spiro atoms. The predicted molar refractivity (Wildman–Crippen MR) is 147 cm³/mol. The van der Waals surface area contributed by atoms with Gasteiger partial charge in [-0.25, -0.2) is 5.84 Å². The van der Waals surface area contributed by atoms with E-state index in [2.05, 4.69) is 43.5 Å². The number of hydrogen-bond acceptors (Lipinski definition) is 5. The number of amidine groups is 1. The molecule has 0 unspecified atom stereocenters. The van der Waals surface area contributed by atoms with Crippen LogP contribution in [-0.4, -0.2) is 24.1 Å². The maximum absolute atomic E-state index is 7.97. The fourth-order valence-corrected chi connectivity index (χ4v) is 5.10. The minimum Gasteiger partial charge on any atom is -0.370 e. The van der Waals surface area contributed by atoms with Gasteiger partial charge in [-0.1, -0.05) is 98.2 Å². The van der Waals surface area contributed by atoms with Crippen LogP contribution in [0.2, 0.25) is 5.02 Å². The van der Waals surface area contributed by atoms with Gasteiger partial charge in [0.25, 0.3) is 0 Å². The topological polar surface area (TPSA) is 89.6 Å². The minimum atomic E-state index is -0.360. The lowest BCUT2D eigenvalue weighted by atomic mass is 9.84. The van der Waals surface area contributed by atoms with Crippen molar-refractivity contribution in [2.75, 3.05) is 0 Å². The molecule has 0 bridgehead atoms. The quantitative estimate of drug-likeness (QED) is 0.132. The molecule has 3 aromatic carbocycles. The first-order valence-corrected chi connectivity index (χ1v) is 13.2. The second-order valence-electron chi connectivity index (χ2n) is 9.54. The molecule has 37 heavy (non-hydrogen) atoms. The van der Waals surface area contributed by atoms with Crippen LogP contribution in [0.4, 0.5) is 0 Å². The maximum atomic E-state index is 7.97. The Kier molecular flexibility index (Phi) is 9.72. The molecule has 1 heterocycles. The van der Waals surface area contributed by atoms with E-state index in [4.69, 9.17) is 37.1 Å². The Balaban J connectivity index is 1.67. The van der Waals surface area contributed by atoms with E-state index in [0.717, 1.165) is 28.7 Å². The zero-order valence-electron chi connectivity index (χ0n) is 21.4. The normalized spacial score (nSPS) is 23.5. The molecule has 0 aliphatic carbocycles. The highest BCUT2D eigenvalue weighted by atomic mass is 35.5. The number of halogens is 1. The van der Waals surface area contributed by atoms with E-state index < -0.39 is 0 Å². The molecule has 3 aromatic rings. The summed E-state index contributed by atoms with van der Waals surface area (Å²) in [6.07, 6.45) is 0.273.